The van der Waals surface area contributed by atoms with Gasteiger partial charge in [0, 0.05) is 18.4 Å². The molecule has 1 atom stereocenters. The van der Waals surface area contributed by atoms with E-state index in [1.54, 1.807) is 38.4 Å². The number of esters is 1. The van der Waals surface area contributed by atoms with E-state index in [1.807, 2.05) is 31.2 Å². The van der Waals surface area contributed by atoms with Crippen LogP contribution in [-0.2, 0) is 27.2 Å². The molecule has 8 heteroatoms. The summed E-state index contributed by atoms with van der Waals surface area (Å²) in [7, 11) is 1.58. The van der Waals surface area contributed by atoms with Crippen molar-refractivity contribution in [2.45, 2.75) is 32.9 Å². The van der Waals surface area contributed by atoms with E-state index in [1.165, 1.54) is 4.68 Å². The lowest BCUT2D eigenvalue weighted by Gasteiger charge is -2.16. The van der Waals surface area contributed by atoms with Crippen LogP contribution < -0.4 is 15.0 Å². The number of fused-ring (bicyclic) bond motifs is 1. The lowest BCUT2D eigenvalue weighted by molar-refractivity contribution is -0.156. The number of rotatable bonds is 11. The molecule has 0 saturated heterocycles. The third-order valence-corrected chi connectivity index (χ3v) is 4.89. The molecule has 0 aliphatic heterocycles. The first-order chi connectivity index (χ1) is 15.5. The number of nitrogens with zero attached hydrogens (tertiary/aromatic N) is 2. The van der Waals surface area contributed by atoms with Gasteiger partial charge in [0.05, 0.1) is 31.8 Å². The van der Waals surface area contributed by atoms with Crippen LogP contribution in [-0.4, -0.2) is 48.8 Å². The molecule has 8 nitrogen and oxygen atoms in total. The van der Waals surface area contributed by atoms with Gasteiger partial charge >= 0.3 is 5.97 Å². The number of aromatic nitrogens is 2. The molecule has 0 spiro atoms. The minimum Gasteiger partial charge on any atom is -0.497 e. The summed E-state index contributed by atoms with van der Waals surface area (Å²) in [5.41, 5.74) is 0.761. The van der Waals surface area contributed by atoms with Crippen LogP contribution in [0.4, 0.5) is 0 Å². The highest BCUT2D eigenvalue weighted by Gasteiger charge is 2.20. The first-order valence-electron chi connectivity index (χ1n) is 10.6. The predicted molar refractivity (Wildman–Crippen MR) is 120 cm³/mol. The number of carbonyl (C=O) groups excluding carboxylic acids is 1. The molecule has 32 heavy (non-hydrogen) atoms. The highest BCUT2D eigenvalue weighted by Crippen LogP contribution is 2.17. The number of hydrogen-bond donors (Lipinski definition) is 0. The van der Waals surface area contributed by atoms with Crippen LogP contribution in [0.2, 0.25) is 0 Å². The lowest BCUT2D eigenvalue weighted by Crippen LogP contribution is -2.29. The van der Waals surface area contributed by atoms with Crippen LogP contribution in [0.25, 0.3) is 10.8 Å². The maximum absolute atomic E-state index is 12.6. The first kappa shape index (κ1) is 23.3. The molecular weight excluding hydrogens is 412 g/mol. The Bertz CT molecular complexity index is 1090. The molecule has 0 aliphatic carbocycles. The normalized spacial score (nSPS) is 11.8. The molecule has 3 aromatic rings. The van der Waals surface area contributed by atoms with Gasteiger partial charge in [-0.05, 0) is 49.7 Å². The SMILES string of the molecule is CCOC(=O)C(Cc1ccc(OCCn2ncc3cc(OC)ccc3c2=O)cc1)OCC. The summed E-state index contributed by atoms with van der Waals surface area (Å²) in [5, 5.41) is 5.53. The molecule has 0 radical (unpaired) electrons. The van der Waals surface area contributed by atoms with Crippen molar-refractivity contribution in [3.05, 3.63) is 64.6 Å². The Morgan fingerprint density at radius 1 is 1.06 bits per heavy atom. The van der Waals surface area contributed by atoms with E-state index in [2.05, 4.69) is 5.10 Å². The van der Waals surface area contributed by atoms with E-state index in [-0.39, 0.29) is 18.1 Å². The number of carbonyl (C=O) groups is 1. The smallest absolute Gasteiger partial charge is 0.335 e. The van der Waals surface area contributed by atoms with Crippen molar-refractivity contribution in [1.29, 1.82) is 0 Å². The number of ether oxygens (including phenoxy) is 4. The van der Waals surface area contributed by atoms with Crippen molar-refractivity contribution < 1.29 is 23.7 Å². The molecule has 0 bridgehead atoms. The van der Waals surface area contributed by atoms with Crippen LogP contribution in [0, 0.1) is 0 Å². The largest absolute Gasteiger partial charge is 0.497 e. The zero-order chi connectivity index (χ0) is 22.9. The molecule has 0 saturated carbocycles. The highest BCUT2D eigenvalue weighted by molar-refractivity contribution is 5.82. The first-order valence-corrected chi connectivity index (χ1v) is 10.6. The molecule has 2 aromatic carbocycles. The zero-order valence-electron chi connectivity index (χ0n) is 18.6. The van der Waals surface area contributed by atoms with Crippen molar-refractivity contribution in [2.24, 2.45) is 0 Å². The molecule has 0 fully saturated rings. The molecule has 0 aliphatic rings. The van der Waals surface area contributed by atoms with Crippen molar-refractivity contribution in [3.63, 3.8) is 0 Å². The van der Waals surface area contributed by atoms with Gasteiger partial charge < -0.3 is 18.9 Å². The van der Waals surface area contributed by atoms with Crippen molar-refractivity contribution >= 4 is 16.7 Å². The van der Waals surface area contributed by atoms with Crippen molar-refractivity contribution in [1.82, 2.24) is 9.78 Å². The second-order valence-corrected chi connectivity index (χ2v) is 7.02. The summed E-state index contributed by atoms with van der Waals surface area (Å²) in [6.07, 6.45) is 1.44. The summed E-state index contributed by atoms with van der Waals surface area (Å²) < 4.78 is 22.9. The third-order valence-electron chi connectivity index (χ3n) is 4.89. The van der Waals surface area contributed by atoms with Crippen LogP contribution in [0.3, 0.4) is 0 Å². The van der Waals surface area contributed by atoms with E-state index in [4.69, 9.17) is 18.9 Å². The van der Waals surface area contributed by atoms with E-state index < -0.39 is 6.10 Å². The number of benzene rings is 2. The van der Waals surface area contributed by atoms with Crippen LogP contribution in [0.1, 0.15) is 19.4 Å². The Kier molecular flexibility index (Phi) is 8.21. The van der Waals surface area contributed by atoms with Crippen molar-refractivity contribution in [3.8, 4) is 11.5 Å². The van der Waals surface area contributed by atoms with Gasteiger partial charge in [0.1, 0.15) is 18.1 Å². The Hall–Kier alpha value is -3.39. The molecule has 1 aromatic heterocycles. The minimum atomic E-state index is -0.627. The van der Waals surface area contributed by atoms with Crippen LogP contribution >= 0.6 is 0 Å². The van der Waals surface area contributed by atoms with E-state index in [9.17, 15) is 9.59 Å². The quantitative estimate of drug-likeness (QED) is 0.424. The second kappa shape index (κ2) is 11.3. The topological polar surface area (TPSA) is 88.9 Å². The lowest BCUT2D eigenvalue weighted by atomic mass is 10.1. The van der Waals surface area contributed by atoms with Gasteiger partial charge in [-0.2, -0.15) is 5.10 Å². The molecule has 0 N–H and O–H groups in total. The molecule has 170 valence electrons. The second-order valence-electron chi connectivity index (χ2n) is 7.02. The zero-order valence-corrected chi connectivity index (χ0v) is 18.6. The fourth-order valence-corrected chi connectivity index (χ4v) is 3.28. The van der Waals surface area contributed by atoms with Crippen LogP contribution in [0.15, 0.2) is 53.5 Å². The molecule has 0 amide bonds. The predicted octanol–water partition coefficient (Wildman–Crippen LogP) is 2.99. The van der Waals surface area contributed by atoms with Crippen molar-refractivity contribution in [2.75, 3.05) is 26.9 Å². The summed E-state index contributed by atoms with van der Waals surface area (Å²) in [6, 6.07) is 12.7. The average molecular weight is 440 g/mol. The fourth-order valence-electron chi connectivity index (χ4n) is 3.28. The van der Waals surface area contributed by atoms with E-state index in [0.29, 0.717) is 43.1 Å². The summed E-state index contributed by atoms with van der Waals surface area (Å²) in [6.45, 7) is 4.97. The Morgan fingerprint density at radius 3 is 2.50 bits per heavy atom. The third kappa shape index (κ3) is 5.85. The Labute approximate surface area is 186 Å². The van der Waals surface area contributed by atoms with Gasteiger partial charge in [-0.3, -0.25) is 4.79 Å². The maximum atomic E-state index is 12.6. The number of hydrogen-bond acceptors (Lipinski definition) is 7. The van der Waals surface area contributed by atoms with E-state index >= 15 is 0 Å². The van der Waals surface area contributed by atoms with Gasteiger partial charge in [-0.1, -0.05) is 12.1 Å². The Morgan fingerprint density at radius 2 is 1.81 bits per heavy atom. The molecule has 3 rings (SSSR count). The monoisotopic (exact) mass is 440 g/mol. The maximum Gasteiger partial charge on any atom is 0.335 e. The molecule has 1 unspecified atom stereocenters. The van der Waals surface area contributed by atoms with Crippen LogP contribution in [0.5, 0.6) is 11.5 Å². The Balaban J connectivity index is 1.58. The summed E-state index contributed by atoms with van der Waals surface area (Å²) in [5.74, 6) is 0.982. The highest BCUT2D eigenvalue weighted by atomic mass is 16.6. The summed E-state index contributed by atoms with van der Waals surface area (Å²) >= 11 is 0. The number of methoxy groups -OCH3 is 1. The summed E-state index contributed by atoms with van der Waals surface area (Å²) in [4.78, 5) is 24.6. The molecule has 1 heterocycles. The van der Waals surface area contributed by atoms with Gasteiger partial charge in [0.15, 0.2) is 6.10 Å². The van der Waals surface area contributed by atoms with Gasteiger partial charge in [0.25, 0.3) is 5.56 Å². The van der Waals surface area contributed by atoms with Gasteiger partial charge in [-0.15, -0.1) is 0 Å². The minimum absolute atomic E-state index is 0.176. The van der Waals surface area contributed by atoms with Gasteiger partial charge in [-0.25, -0.2) is 9.48 Å². The fraction of sp³-hybridized carbons (Fsp3) is 0.375. The average Bonchev–Trinajstić information content (AvgIpc) is 2.81. The van der Waals surface area contributed by atoms with E-state index in [0.717, 1.165) is 10.9 Å². The molecular formula is C24H28N2O6. The standard InChI is InChI=1S/C24H28N2O6/c1-4-30-22(24(28)31-5-2)14-17-6-8-19(9-7-17)32-13-12-26-23(27)21-11-10-20(29-3)15-18(21)16-25-26/h6-11,15-16,22H,4-5,12-14H2,1-3H3. The van der Waals surface area contributed by atoms with Gasteiger partial charge in [0.2, 0.25) is 0 Å².